The van der Waals surface area contributed by atoms with E-state index >= 15 is 0 Å². The zero-order valence-electron chi connectivity index (χ0n) is 17.5. The number of aromatic amines is 1. The van der Waals surface area contributed by atoms with Crippen molar-refractivity contribution in [1.82, 2.24) is 9.97 Å². The number of carbonyl (C=O) groups excluding carboxylic acids is 1. The summed E-state index contributed by atoms with van der Waals surface area (Å²) in [6.45, 7) is 1.41. The highest BCUT2D eigenvalue weighted by atomic mass is 35.5. The van der Waals surface area contributed by atoms with Crippen LogP contribution in [0, 0.1) is 0 Å². The van der Waals surface area contributed by atoms with Crippen LogP contribution in [0.3, 0.4) is 0 Å². The fourth-order valence-corrected chi connectivity index (χ4v) is 3.40. The number of aromatic nitrogens is 2. The lowest BCUT2D eigenvalue weighted by Gasteiger charge is -2.15. The molecule has 1 unspecified atom stereocenters. The van der Waals surface area contributed by atoms with Crippen molar-refractivity contribution in [1.29, 1.82) is 0 Å². The molecule has 33 heavy (non-hydrogen) atoms. The molecule has 0 bridgehead atoms. The molecular weight excluding hydrogens is 442 g/mol. The second kappa shape index (κ2) is 9.64. The normalized spacial score (nSPS) is 12.4. The van der Waals surface area contributed by atoms with E-state index in [1.807, 2.05) is 18.2 Å². The first-order valence-corrected chi connectivity index (χ1v) is 10.4. The van der Waals surface area contributed by atoms with E-state index in [1.54, 1.807) is 54.6 Å². The largest absolute Gasteiger partial charge is 0.382 e. The van der Waals surface area contributed by atoms with Crippen LogP contribution in [0.5, 0.6) is 0 Å². The van der Waals surface area contributed by atoms with Crippen molar-refractivity contribution in [3.05, 3.63) is 99.4 Å². The third-order valence-corrected chi connectivity index (χ3v) is 5.02. The minimum Gasteiger partial charge on any atom is -0.382 e. The highest BCUT2D eigenvalue weighted by Crippen LogP contribution is 2.22. The topological polar surface area (TPSA) is 119 Å². The molecule has 8 nitrogen and oxygen atoms in total. The Balaban J connectivity index is 1.77. The van der Waals surface area contributed by atoms with Crippen LogP contribution in [0.1, 0.15) is 24.3 Å². The Morgan fingerprint density at radius 2 is 1.79 bits per heavy atom. The van der Waals surface area contributed by atoms with Crippen LogP contribution < -0.4 is 16.3 Å². The summed E-state index contributed by atoms with van der Waals surface area (Å²) in [5.41, 5.74) is 5.04. The summed E-state index contributed by atoms with van der Waals surface area (Å²) in [6, 6.07) is 20.7. The molecule has 1 amide bonds. The first-order valence-electron chi connectivity index (χ1n) is 10.0. The van der Waals surface area contributed by atoms with Crippen molar-refractivity contribution in [2.24, 2.45) is 5.10 Å². The number of nitrogens with one attached hydrogen (secondary N) is 3. The Kier molecular flexibility index (Phi) is 6.48. The van der Waals surface area contributed by atoms with Gasteiger partial charge in [0.05, 0.1) is 16.7 Å². The van der Waals surface area contributed by atoms with Crippen LogP contribution in [0.15, 0.2) is 82.7 Å². The molecule has 0 aliphatic heterocycles. The fraction of sp³-hybridized carbons (Fsp3) is 0.0833. The summed E-state index contributed by atoms with van der Waals surface area (Å²) in [6.07, 6.45) is -1.27. The first kappa shape index (κ1) is 22.2. The van der Waals surface area contributed by atoms with Crippen molar-refractivity contribution in [2.75, 3.05) is 10.7 Å². The van der Waals surface area contributed by atoms with Crippen LogP contribution in [-0.4, -0.2) is 26.7 Å². The maximum atomic E-state index is 12.9. The lowest BCUT2D eigenvalue weighted by Crippen LogP contribution is -2.26. The van der Waals surface area contributed by atoms with Gasteiger partial charge in [0.2, 0.25) is 5.91 Å². The number of para-hydroxylation sites is 1. The highest BCUT2D eigenvalue weighted by Gasteiger charge is 2.23. The van der Waals surface area contributed by atoms with Crippen molar-refractivity contribution < 1.29 is 9.90 Å². The van der Waals surface area contributed by atoms with E-state index < -0.39 is 11.7 Å². The van der Waals surface area contributed by atoms with E-state index in [4.69, 9.17) is 11.6 Å². The molecule has 4 N–H and O–H groups in total. The lowest BCUT2D eigenvalue weighted by atomic mass is 10.0. The Morgan fingerprint density at radius 1 is 1.06 bits per heavy atom. The van der Waals surface area contributed by atoms with Gasteiger partial charge < -0.3 is 15.4 Å². The van der Waals surface area contributed by atoms with Crippen molar-refractivity contribution in [3.8, 4) is 0 Å². The number of anilines is 2. The van der Waals surface area contributed by atoms with E-state index in [-0.39, 0.29) is 17.3 Å². The van der Waals surface area contributed by atoms with Gasteiger partial charge in [0.1, 0.15) is 11.8 Å². The summed E-state index contributed by atoms with van der Waals surface area (Å²) < 4.78 is 0. The predicted molar refractivity (Wildman–Crippen MR) is 130 cm³/mol. The van der Waals surface area contributed by atoms with Crippen LogP contribution in [0.2, 0.25) is 5.02 Å². The molecular formula is C24H20ClN5O3. The van der Waals surface area contributed by atoms with Gasteiger partial charge in [0.15, 0.2) is 5.69 Å². The number of aliphatic hydroxyl groups is 1. The van der Waals surface area contributed by atoms with E-state index in [0.29, 0.717) is 33.0 Å². The van der Waals surface area contributed by atoms with Gasteiger partial charge in [-0.1, -0.05) is 41.9 Å². The number of halogens is 1. The highest BCUT2D eigenvalue weighted by molar-refractivity contribution is 6.31. The van der Waals surface area contributed by atoms with E-state index in [2.05, 4.69) is 25.8 Å². The monoisotopic (exact) mass is 461 g/mol. The molecule has 166 valence electrons. The van der Waals surface area contributed by atoms with Crippen LogP contribution in [-0.2, 0) is 4.79 Å². The van der Waals surface area contributed by atoms with Crippen LogP contribution >= 0.6 is 11.6 Å². The molecule has 4 rings (SSSR count). The number of aliphatic hydroxyl groups excluding tert-OH is 1. The second-order valence-corrected chi connectivity index (χ2v) is 7.69. The fourth-order valence-electron chi connectivity index (χ4n) is 3.22. The summed E-state index contributed by atoms with van der Waals surface area (Å²) in [4.78, 5) is 31.3. The number of hydrogen-bond donors (Lipinski definition) is 4. The molecule has 0 saturated carbocycles. The molecule has 0 aliphatic rings. The van der Waals surface area contributed by atoms with Gasteiger partial charge in [-0.2, -0.15) is 5.10 Å². The zero-order chi connectivity index (χ0) is 23.4. The smallest absolute Gasteiger partial charge is 0.276 e. The maximum absolute atomic E-state index is 12.9. The number of H-pyrrole nitrogens is 1. The molecule has 0 saturated heterocycles. The Hall–Kier alpha value is -4.01. The predicted octanol–water partition coefficient (Wildman–Crippen LogP) is 4.08. The second-order valence-electron chi connectivity index (χ2n) is 7.26. The molecule has 4 aromatic rings. The average Bonchev–Trinajstić information content (AvgIpc) is 2.80. The maximum Gasteiger partial charge on any atom is 0.276 e. The standard InChI is InChI=1S/C24H20ClN5O3/c1-14(31)26-17-10-7-15(8-11-17)23(32)21(30-29-18-5-3-2-4-6-18)22-24(33)28-20-13-16(25)9-12-19(20)27-22/h2-13,23,29,32H,1H3,(H,26,31)(H,28,33)/b30-21-. The number of benzene rings is 3. The summed E-state index contributed by atoms with van der Waals surface area (Å²) in [5, 5.41) is 18.6. The third kappa shape index (κ3) is 5.25. The summed E-state index contributed by atoms with van der Waals surface area (Å²) >= 11 is 6.02. The SMILES string of the molecule is CC(=O)Nc1ccc(C(O)/C(=N\Nc2ccccc2)c2nc3ccc(Cl)cc3[nH]c2=O)cc1. The summed E-state index contributed by atoms with van der Waals surface area (Å²) in [5.74, 6) is -0.204. The van der Waals surface area contributed by atoms with Gasteiger partial charge >= 0.3 is 0 Å². The number of rotatable bonds is 6. The van der Waals surface area contributed by atoms with Crippen LogP contribution in [0.4, 0.5) is 11.4 Å². The van der Waals surface area contributed by atoms with Crippen molar-refractivity contribution in [3.63, 3.8) is 0 Å². The third-order valence-electron chi connectivity index (χ3n) is 4.78. The van der Waals surface area contributed by atoms with Crippen LogP contribution in [0.25, 0.3) is 11.0 Å². The zero-order valence-corrected chi connectivity index (χ0v) is 18.3. The van der Waals surface area contributed by atoms with E-state index in [9.17, 15) is 14.7 Å². The lowest BCUT2D eigenvalue weighted by molar-refractivity contribution is -0.114. The molecule has 9 heteroatoms. The molecule has 1 atom stereocenters. The Morgan fingerprint density at radius 3 is 2.48 bits per heavy atom. The minimum absolute atomic E-state index is 0.0317. The van der Waals surface area contributed by atoms with E-state index in [0.717, 1.165) is 0 Å². The number of nitrogens with zero attached hydrogens (tertiary/aromatic N) is 2. The number of fused-ring (bicyclic) bond motifs is 1. The summed E-state index contributed by atoms with van der Waals surface area (Å²) in [7, 11) is 0. The van der Waals surface area contributed by atoms with E-state index in [1.165, 1.54) is 6.92 Å². The number of carbonyl (C=O) groups is 1. The van der Waals surface area contributed by atoms with Gasteiger partial charge in [-0.3, -0.25) is 15.0 Å². The number of amides is 1. The first-order chi connectivity index (χ1) is 15.9. The van der Waals surface area contributed by atoms with Gasteiger partial charge in [-0.05, 0) is 48.0 Å². The molecule has 1 heterocycles. The van der Waals surface area contributed by atoms with Gasteiger partial charge in [0, 0.05) is 17.6 Å². The molecule has 3 aromatic carbocycles. The quantitative estimate of drug-likeness (QED) is 0.255. The van der Waals surface area contributed by atoms with Gasteiger partial charge in [-0.25, -0.2) is 4.98 Å². The molecule has 0 radical (unpaired) electrons. The Labute approximate surface area is 194 Å². The van der Waals surface area contributed by atoms with Crippen molar-refractivity contribution in [2.45, 2.75) is 13.0 Å². The number of hydrogen-bond acceptors (Lipinski definition) is 6. The molecule has 0 fully saturated rings. The molecule has 1 aromatic heterocycles. The molecule has 0 spiro atoms. The Bertz CT molecular complexity index is 1390. The van der Waals surface area contributed by atoms with Gasteiger partial charge in [-0.15, -0.1) is 0 Å². The van der Waals surface area contributed by atoms with Crippen molar-refractivity contribution >= 4 is 45.6 Å². The average molecular weight is 462 g/mol. The molecule has 0 aliphatic carbocycles. The number of hydrazone groups is 1. The van der Waals surface area contributed by atoms with Gasteiger partial charge in [0.25, 0.3) is 5.56 Å². The minimum atomic E-state index is -1.27.